The fourth-order valence-electron chi connectivity index (χ4n) is 1.17. The van der Waals surface area contributed by atoms with Crippen molar-refractivity contribution in [3.05, 3.63) is 24.0 Å². The second-order valence-corrected chi connectivity index (χ2v) is 5.50. The lowest BCUT2D eigenvalue weighted by atomic mass is 10.3. The van der Waals surface area contributed by atoms with E-state index in [0.29, 0.717) is 0 Å². The number of aliphatic carboxylic acids is 1. The summed E-state index contributed by atoms with van der Waals surface area (Å²) >= 11 is 0. The molecular weight excluding hydrogens is 249 g/mol. The average Bonchev–Trinajstić information content (AvgIpc) is 2.18. The zero-order valence-electron chi connectivity index (χ0n) is 9.10. The number of halogens is 1. The van der Waals surface area contributed by atoms with Crippen molar-refractivity contribution in [1.82, 2.24) is 0 Å². The second-order valence-electron chi connectivity index (χ2n) is 3.48. The van der Waals surface area contributed by atoms with Crippen molar-refractivity contribution in [2.45, 2.75) is 11.3 Å². The van der Waals surface area contributed by atoms with E-state index in [-0.39, 0.29) is 23.5 Å². The molecular formula is C10H12FNO4S. The molecule has 7 heteroatoms. The van der Waals surface area contributed by atoms with Gasteiger partial charge in [0, 0.05) is 12.8 Å². The van der Waals surface area contributed by atoms with Gasteiger partial charge in [-0.15, -0.1) is 0 Å². The average molecular weight is 261 g/mol. The molecule has 0 aliphatic heterocycles. The van der Waals surface area contributed by atoms with Crippen molar-refractivity contribution < 1.29 is 22.7 Å². The van der Waals surface area contributed by atoms with E-state index < -0.39 is 21.6 Å². The van der Waals surface area contributed by atoms with Crippen molar-refractivity contribution in [3.8, 4) is 0 Å². The SMILES string of the molecule is CS(=O)(=O)c1ccc(NCCC(=O)O)c(F)c1. The first-order valence-corrected chi connectivity index (χ1v) is 6.65. The van der Waals surface area contributed by atoms with Crippen LogP contribution in [0.15, 0.2) is 23.1 Å². The van der Waals surface area contributed by atoms with E-state index >= 15 is 0 Å². The Balaban J connectivity index is 2.80. The molecule has 0 aliphatic rings. The first-order chi connectivity index (χ1) is 7.80. The van der Waals surface area contributed by atoms with Gasteiger partial charge in [0.1, 0.15) is 5.82 Å². The van der Waals surface area contributed by atoms with Crippen LogP contribution in [0.4, 0.5) is 10.1 Å². The molecule has 0 atom stereocenters. The quantitative estimate of drug-likeness (QED) is 0.829. The Morgan fingerprint density at radius 1 is 1.47 bits per heavy atom. The van der Waals surface area contributed by atoms with Gasteiger partial charge in [-0.2, -0.15) is 0 Å². The van der Waals surface area contributed by atoms with E-state index in [1.807, 2.05) is 0 Å². The number of hydrogen-bond acceptors (Lipinski definition) is 4. The van der Waals surface area contributed by atoms with Crippen molar-refractivity contribution in [1.29, 1.82) is 0 Å². The van der Waals surface area contributed by atoms with Gasteiger partial charge in [-0.1, -0.05) is 0 Å². The zero-order chi connectivity index (χ0) is 13.1. The summed E-state index contributed by atoms with van der Waals surface area (Å²) in [7, 11) is -3.44. The third-order valence-electron chi connectivity index (χ3n) is 2.02. The summed E-state index contributed by atoms with van der Waals surface area (Å²) in [5.74, 6) is -1.72. The minimum atomic E-state index is -3.44. The van der Waals surface area contributed by atoms with Gasteiger partial charge in [-0.25, -0.2) is 12.8 Å². The normalized spacial score (nSPS) is 11.2. The van der Waals surface area contributed by atoms with Crippen LogP contribution in [0.1, 0.15) is 6.42 Å². The highest BCUT2D eigenvalue weighted by Crippen LogP contribution is 2.18. The molecule has 94 valence electrons. The monoisotopic (exact) mass is 261 g/mol. The van der Waals surface area contributed by atoms with Gasteiger partial charge >= 0.3 is 5.97 Å². The fourth-order valence-corrected chi connectivity index (χ4v) is 1.81. The van der Waals surface area contributed by atoms with E-state index in [2.05, 4.69) is 5.32 Å². The topological polar surface area (TPSA) is 83.5 Å². The summed E-state index contributed by atoms with van der Waals surface area (Å²) in [5, 5.41) is 11.0. The van der Waals surface area contributed by atoms with Crippen LogP contribution in [0.5, 0.6) is 0 Å². The molecule has 0 fully saturated rings. The van der Waals surface area contributed by atoms with Crippen molar-refractivity contribution in [3.63, 3.8) is 0 Å². The van der Waals surface area contributed by atoms with Gasteiger partial charge in [0.15, 0.2) is 9.84 Å². The first kappa shape index (κ1) is 13.4. The number of carboxylic acid groups (broad SMARTS) is 1. The number of sulfone groups is 1. The Labute approximate surface area is 98.2 Å². The minimum Gasteiger partial charge on any atom is -0.481 e. The maximum Gasteiger partial charge on any atom is 0.305 e. The van der Waals surface area contributed by atoms with E-state index in [1.54, 1.807) is 0 Å². The molecule has 0 amide bonds. The Hall–Kier alpha value is -1.63. The summed E-state index contributed by atoms with van der Waals surface area (Å²) in [6.45, 7) is 0.0739. The molecule has 1 aromatic rings. The number of carbonyl (C=O) groups is 1. The van der Waals surface area contributed by atoms with Crippen molar-refractivity contribution >= 4 is 21.5 Å². The molecule has 0 saturated heterocycles. The van der Waals surface area contributed by atoms with E-state index in [4.69, 9.17) is 5.11 Å². The Morgan fingerprint density at radius 2 is 2.12 bits per heavy atom. The highest BCUT2D eigenvalue weighted by molar-refractivity contribution is 7.90. The Morgan fingerprint density at radius 3 is 2.59 bits per heavy atom. The van der Waals surface area contributed by atoms with Crippen LogP contribution < -0.4 is 5.32 Å². The van der Waals surface area contributed by atoms with Gasteiger partial charge in [-0.3, -0.25) is 4.79 Å². The third-order valence-corrected chi connectivity index (χ3v) is 3.13. The van der Waals surface area contributed by atoms with Gasteiger partial charge in [0.05, 0.1) is 17.0 Å². The molecule has 0 heterocycles. The van der Waals surface area contributed by atoms with Crippen LogP contribution in [0.25, 0.3) is 0 Å². The molecule has 0 radical (unpaired) electrons. The second kappa shape index (κ2) is 5.13. The molecule has 0 aliphatic carbocycles. The van der Waals surface area contributed by atoms with Gasteiger partial charge in [-0.05, 0) is 18.2 Å². The lowest BCUT2D eigenvalue weighted by Crippen LogP contribution is -2.09. The van der Waals surface area contributed by atoms with Crippen LogP contribution in [-0.4, -0.2) is 32.3 Å². The summed E-state index contributed by atoms with van der Waals surface area (Å²) in [4.78, 5) is 10.1. The predicted molar refractivity (Wildman–Crippen MR) is 60.3 cm³/mol. The first-order valence-electron chi connectivity index (χ1n) is 4.76. The summed E-state index contributed by atoms with van der Waals surface area (Å²) in [5.41, 5.74) is 0.0821. The zero-order valence-corrected chi connectivity index (χ0v) is 9.92. The predicted octanol–water partition coefficient (Wildman–Crippen LogP) is 1.12. The van der Waals surface area contributed by atoms with E-state index in [1.165, 1.54) is 12.1 Å². The maximum absolute atomic E-state index is 13.4. The number of carboxylic acids is 1. The van der Waals surface area contributed by atoms with E-state index in [9.17, 15) is 17.6 Å². The van der Waals surface area contributed by atoms with Crippen LogP contribution in [0.2, 0.25) is 0 Å². The third kappa shape index (κ3) is 4.03. The lowest BCUT2D eigenvalue weighted by molar-refractivity contribution is -0.136. The number of nitrogens with one attached hydrogen (secondary N) is 1. The molecule has 0 unspecified atom stereocenters. The molecule has 0 aromatic heterocycles. The Bertz CT molecular complexity index is 527. The molecule has 2 N–H and O–H groups in total. The van der Waals surface area contributed by atoms with Crippen LogP contribution >= 0.6 is 0 Å². The van der Waals surface area contributed by atoms with Gasteiger partial charge in [0.25, 0.3) is 0 Å². The number of benzene rings is 1. The molecule has 5 nitrogen and oxygen atoms in total. The highest BCUT2D eigenvalue weighted by atomic mass is 32.2. The van der Waals surface area contributed by atoms with Crippen LogP contribution in [0, 0.1) is 5.82 Å². The molecule has 1 aromatic carbocycles. The van der Waals surface area contributed by atoms with Gasteiger partial charge in [0.2, 0.25) is 0 Å². The summed E-state index contributed by atoms with van der Waals surface area (Å²) < 4.78 is 35.7. The molecule has 1 rings (SSSR count). The van der Waals surface area contributed by atoms with Crippen molar-refractivity contribution in [2.24, 2.45) is 0 Å². The van der Waals surface area contributed by atoms with Crippen LogP contribution in [0.3, 0.4) is 0 Å². The Kier molecular flexibility index (Phi) is 4.06. The minimum absolute atomic E-state index is 0.0739. The number of hydrogen-bond donors (Lipinski definition) is 2. The standard InChI is InChI=1S/C10H12FNO4S/c1-17(15,16)7-2-3-9(8(11)6-7)12-5-4-10(13)14/h2-3,6,12H,4-5H2,1H3,(H,13,14). The van der Waals surface area contributed by atoms with Crippen LogP contribution in [-0.2, 0) is 14.6 Å². The summed E-state index contributed by atoms with van der Waals surface area (Å²) in [6.07, 6.45) is 0.840. The molecule has 0 bridgehead atoms. The molecule has 0 spiro atoms. The fraction of sp³-hybridized carbons (Fsp3) is 0.300. The molecule has 17 heavy (non-hydrogen) atoms. The maximum atomic E-state index is 13.4. The highest BCUT2D eigenvalue weighted by Gasteiger charge is 2.10. The lowest BCUT2D eigenvalue weighted by Gasteiger charge is -2.07. The van der Waals surface area contributed by atoms with Gasteiger partial charge < -0.3 is 10.4 Å². The number of rotatable bonds is 5. The van der Waals surface area contributed by atoms with Crippen molar-refractivity contribution in [2.75, 3.05) is 18.1 Å². The number of anilines is 1. The van der Waals surface area contributed by atoms with E-state index in [0.717, 1.165) is 12.3 Å². The molecule has 0 saturated carbocycles. The summed E-state index contributed by atoms with van der Waals surface area (Å²) in [6, 6.07) is 3.44. The smallest absolute Gasteiger partial charge is 0.305 e. The largest absolute Gasteiger partial charge is 0.481 e.